The summed E-state index contributed by atoms with van der Waals surface area (Å²) in [6.07, 6.45) is 4.21. The number of sulfone groups is 1. The van der Waals surface area contributed by atoms with E-state index in [9.17, 15) is 8.42 Å². The van der Waals surface area contributed by atoms with E-state index in [4.69, 9.17) is 0 Å². The van der Waals surface area contributed by atoms with Gasteiger partial charge in [-0.1, -0.05) is 32.0 Å². The number of para-hydroxylation sites is 1. The predicted molar refractivity (Wildman–Crippen MR) is 106 cm³/mol. The number of hydrogen-bond donors (Lipinski definition) is 1. The zero-order valence-corrected chi connectivity index (χ0v) is 16.4. The molecule has 6 nitrogen and oxygen atoms in total. The quantitative estimate of drug-likeness (QED) is 0.838. The summed E-state index contributed by atoms with van der Waals surface area (Å²) in [4.78, 5) is 10.8. The van der Waals surface area contributed by atoms with Gasteiger partial charge in [0, 0.05) is 25.0 Å². The molecule has 0 saturated carbocycles. The number of hydrogen-bond acceptors (Lipinski definition) is 6. The Kier molecular flexibility index (Phi) is 5.46. The molecule has 26 heavy (non-hydrogen) atoms. The van der Waals surface area contributed by atoms with E-state index in [1.807, 2.05) is 18.0 Å². The van der Waals surface area contributed by atoms with Gasteiger partial charge in [-0.3, -0.25) is 0 Å². The largest absolute Gasteiger partial charge is 0.340 e. The van der Waals surface area contributed by atoms with Crippen LogP contribution in [0.3, 0.4) is 0 Å². The minimum atomic E-state index is -2.94. The first-order valence-electron chi connectivity index (χ1n) is 9.07. The van der Waals surface area contributed by atoms with Crippen molar-refractivity contribution >= 4 is 27.3 Å². The Morgan fingerprint density at radius 3 is 2.46 bits per heavy atom. The summed E-state index contributed by atoms with van der Waals surface area (Å²) < 4.78 is 23.5. The molecule has 0 radical (unpaired) electrons. The van der Waals surface area contributed by atoms with Gasteiger partial charge < -0.3 is 10.2 Å². The maximum absolute atomic E-state index is 11.7. The Balaban J connectivity index is 1.85. The Bertz CT molecular complexity index is 861. The van der Waals surface area contributed by atoms with E-state index in [1.54, 1.807) is 6.20 Å². The van der Waals surface area contributed by atoms with Crippen LogP contribution in [-0.2, 0) is 22.7 Å². The summed E-state index contributed by atoms with van der Waals surface area (Å²) in [6, 6.07) is 8.11. The van der Waals surface area contributed by atoms with Crippen LogP contribution < -0.4 is 10.2 Å². The molecule has 1 aromatic heterocycles. The summed E-state index contributed by atoms with van der Waals surface area (Å²) in [5, 5.41) is 3.45. The molecule has 1 aliphatic rings. The van der Waals surface area contributed by atoms with Crippen molar-refractivity contribution in [2.24, 2.45) is 0 Å². The average Bonchev–Trinajstić information content (AvgIpc) is 3.01. The van der Waals surface area contributed by atoms with E-state index < -0.39 is 9.84 Å². The zero-order valence-electron chi connectivity index (χ0n) is 15.6. The fourth-order valence-corrected chi connectivity index (χ4v) is 5.14. The van der Waals surface area contributed by atoms with E-state index >= 15 is 0 Å². The van der Waals surface area contributed by atoms with Crippen molar-refractivity contribution in [2.75, 3.05) is 28.8 Å². The summed E-state index contributed by atoms with van der Waals surface area (Å²) >= 11 is 0. The molecule has 7 heteroatoms. The van der Waals surface area contributed by atoms with Crippen LogP contribution in [0.4, 0.5) is 17.5 Å². The van der Waals surface area contributed by atoms with Crippen molar-refractivity contribution in [3.63, 3.8) is 0 Å². The number of benzene rings is 1. The third-order valence-corrected chi connectivity index (χ3v) is 6.72. The van der Waals surface area contributed by atoms with Gasteiger partial charge in [0.15, 0.2) is 9.84 Å². The highest BCUT2D eigenvalue weighted by molar-refractivity contribution is 7.91. The molecule has 0 aliphatic carbocycles. The first kappa shape index (κ1) is 18.6. The van der Waals surface area contributed by atoms with Crippen molar-refractivity contribution in [2.45, 2.75) is 39.2 Å². The van der Waals surface area contributed by atoms with Gasteiger partial charge in [-0.2, -0.15) is 4.98 Å². The molecule has 0 amide bonds. The minimum Gasteiger partial charge on any atom is -0.340 e. The van der Waals surface area contributed by atoms with Crippen molar-refractivity contribution in [3.05, 3.63) is 41.6 Å². The normalized spacial score (nSPS) is 18.7. The number of anilines is 3. The molecular weight excluding hydrogens is 348 g/mol. The SMILES string of the molecule is CCc1cccc(CC)c1Nc1ccnc(N(C)C2CCS(=O)(=O)C2)n1. The lowest BCUT2D eigenvalue weighted by molar-refractivity contribution is 0.600. The van der Waals surface area contributed by atoms with Crippen LogP contribution in [-0.4, -0.2) is 43.0 Å². The van der Waals surface area contributed by atoms with Gasteiger partial charge in [0.05, 0.1) is 11.5 Å². The van der Waals surface area contributed by atoms with Gasteiger partial charge in [0.25, 0.3) is 0 Å². The van der Waals surface area contributed by atoms with Crippen LogP contribution in [0.15, 0.2) is 30.5 Å². The lowest BCUT2D eigenvalue weighted by Gasteiger charge is -2.23. The average molecular weight is 375 g/mol. The minimum absolute atomic E-state index is 0.0654. The van der Waals surface area contributed by atoms with E-state index in [0.29, 0.717) is 12.4 Å². The summed E-state index contributed by atoms with van der Waals surface area (Å²) in [5.41, 5.74) is 3.60. The molecule has 2 aromatic rings. The van der Waals surface area contributed by atoms with Crippen LogP contribution in [0.5, 0.6) is 0 Å². The Labute approximate surface area is 155 Å². The molecule has 1 fully saturated rings. The van der Waals surface area contributed by atoms with Crippen LogP contribution in [0.1, 0.15) is 31.4 Å². The van der Waals surface area contributed by atoms with E-state index in [0.717, 1.165) is 24.3 Å². The number of rotatable bonds is 6. The maximum atomic E-state index is 11.7. The number of aromatic nitrogens is 2. The van der Waals surface area contributed by atoms with Crippen LogP contribution in [0.25, 0.3) is 0 Å². The second-order valence-electron chi connectivity index (χ2n) is 6.69. The molecule has 0 bridgehead atoms. The van der Waals surface area contributed by atoms with Crippen molar-refractivity contribution in [1.29, 1.82) is 0 Å². The lowest BCUT2D eigenvalue weighted by atomic mass is 10.0. The molecule has 1 aromatic carbocycles. The van der Waals surface area contributed by atoms with E-state index in [1.165, 1.54) is 11.1 Å². The van der Waals surface area contributed by atoms with E-state index in [2.05, 4.69) is 47.3 Å². The third-order valence-electron chi connectivity index (χ3n) is 4.97. The monoisotopic (exact) mass is 374 g/mol. The zero-order chi connectivity index (χ0) is 18.7. The van der Waals surface area contributed by atoms with Gasteiger partial charge in [-0.15, -0.1) is 0 Å². The van der Waals surface area contributed by atoms with Crippen LogP contribution in [0.2, 0.25) is 0 Å². The van der Waals surface area contributed by atoms with Gasteiger partial charge in [-0.05, 0) is 36.5 Å². The first-order valence-corrected chi connectivity index (χ1v) is 10.9. The van der Waals surface area contributed by atoms with E-state index in [-0.39, 0.29) is 17.5 Å². The summed E-state index contributed by atoms with van der Waals surface area (Å²) in [6.45, 7) is 4.28. The van der Waals surface area contributed by atoms with Gasteiger partial charge in [0.1, 0.15) is 5.82 Å². The maximum Gasteiger partial charge on any atom is 0.227 e. The molecule has 3 rings (SSSR count). The molecule has 2 heterocycles. The smallest absolute Gasteiger partial charge is 0.227 e. The Morgan fingerprint density at radius 2 is 1.88 bits per heavy atom. The Morgan fingerprint density at radius 1 is 1.19 bits per heavy atom. The number of nitrogens with one attached hydrogen (secondary N) is 1. The molecule has 1 N–H and O–H groups in total. The van der Waals surface area contributed by atoms with Crippen LogP contribution >= 0.6 is 0 Å². The number of nitrogens with zero attached hydrogens (tertiary/aromatic N) is 3. The molecule has 0 spiro atoms. The van der Waals surface area contributed by atoms with Crippen LogP contribution in [0, 0.1) is 0 Å². The van der Waals surface area contributed by atoms with Crippen molar-refractivity contribution < 1.29 is 8.42 Å². The number of aryl methyl sites for hydroxylation is 2. The molecule has 140 valence electrons. The molecule has 1 saturated heterocycles. The standard InChI is InChI=1S/C19H26N4O2S/c1-4-14-7-6-8-15(5-2)18(14)21-17-9-11-20-19(22-17)23(3)16-10-12-26(24,25)13-16/h6-9,11,16H,4-5,10,12-13H2,1-3H3,(H,20,21,22). The molecule has 1 atom stereocenters. The van der Waals surface area contributed by atoms with Crippen molar-refractivity contribution in [3.8, 4) is 0 Å². The summed E-state index contributed by atoms with van der Waals surface area (Å²) in [7, 11) is -1.07. The molecule has 1 unspecified atom stereocenters. The Hall–Kier alpha value is -2.15. The fourth-order valence-electron chi connectivity index (χ4n) is 3.36. The molecule has 1 aliphatic heterocycles. The van der Waals surface area contributed by atoms with Gasteiger partial charge in [-0.25, -0.2) is 13.4 Å². The predicted octanol–water partition coefficient (Wildman–Crippen LogP) is 2.97. The fraction of sp³-hybridized carbons (Fsp3) is 0.474. The van der Waals surface area contributed by atoms with Crippen molar-refractivity contribution in [1.82, 2.24) is 9.97 Å². The van der Waals surface area contributed by atoms with Gasteiger partial charge >= 0.3 is 0 Å². The van der Waals surface area contributed by atoms with Gasteiger partial charge in [0.2, 0.25) is 5.95 Å². The highest BCUT2D eigenvalue weighted by atomic mass is 32.2. The summed E-state index contributed by atoms with van der Waals surface area (Å²) in [5.74, 6) is 1.68. The second-order valence-corrected chi connectivity index (χ2v) is 8.92. The first-order chi connectivity index (χ1) is 12.4. The third kappa shape index (κ3) is 3.98. The highest BCUT2D eigenvalue weighted by Gasteiger charge is 2.31. The second kappa shape index (κ2) is 7.61. The topological polar surface area (TPSA) is 75.2 Å². The highest BCUT2D eigenvalue weighted by Crippen LogP contribution is 2.27. The lowest BCUT2D eigenvalue weighted by Crippen LogP contribution is -2.33. The molecular formula is C19H26N4O2S.